The summed E-state index contributed by atoms with van der Waals surface area (Å²) in [5.41, 5.74) is 0. The van der Waals surface area contributed by atoms with Crippen molar-refractivity contribution >= 4 is 5.78 Å². The van der Waals surface area contributed by atoms with E-state index in [2.05, 4.69) is 0 Å². The normalized spacial score (nSPS) is 52.4. The van der Waals surface area contributed by atoms with Gasteiger partial charge in [0, 0.05) is 23.7 Å². The predicted octanol–water partition coefficient (Wildman–Crippen LogP) is 0.974. The van der Waals surface area contributed by atoms with E-state index in [0.29, 0.717) is 29.5 Å². The average molecular weight is 194 g/mol. The third-order valence-corrected chi connectivity index (χ3v) is 4.73. The first-order valence-corrected chi connectivity index (χ1v) is 5.64. The summed E-state index contributed by atoms with van der Waals surface area (Å²) in [5, 5.41) is 0. The van der Waals surface area contributed by atoms with E-state index in [9.17, 15) is 4.79 Å². The number of fused-ring (bicyclic) bond motifs is 3. The summed E-state index contributed by atoms with van der Waals surface area (Å²) in [6.45, 7) is 1.44. The molecule has 4 aliphatic rings. The highest BCUT2D eigenvalue weighted by Crippen LogP contribution is 2.66. The average Bonchev–Trinajstić information content (AvgIpc) is 2.65. The number of rotatable bonds is 0. The van der Waals surface area contributed by atoms with E-state index < -0.39 is 0 Å². The van der Waals surface area contributed by atoms with Crippen molar-refractivity contribution < 1.29 is 14.3 Å². The predicted molar refractivity (Wildman–Crippen MR) is 47.5 cm³/mol. The largest absolute Gasteiger partial charge is 0.347 e. The van der Waals surface area contributed by atoms with Crippen LogP contribution in [0.4, 0.5) is 0 Å². The maximum absolute atomic E-state index is 11.9. The molecule has 4 fully saturated rings. The Bertz CT molecular complexity index is 298. The lowest BCUT2D eigenvalue weighted by Gasteiger charge is -2.54. The lowest BCUT2D eigenvalue weighted by Crippen LogP contribution is -2.63. The maximum Gasteiger partial charge on any atom is 0.175 e. The van der Waals surface area contributed by atoms with Crippen LogP contribution in [0.15, 0.2) is 0 Å². The van der Waals surface area contributed by atoms with Gasteiger partial charge in [0.05, 0.1) is 13.2 Å². The van der Waals surface area contributed by atoms with Crippen LogP contribution < -0.4 is 0 Å². The van der Waals surface area contributed by atoms with Gasteiger partial charge < -0.3 is 9.47 Å². The molecule has 0 aromatic heterocycles. The Morgan fingerprint density at radius 2 is 1.93 bits per heavy atom. The highest BCUT2D eigenvalue weighted by atomic mass is 16.7. The van der Waals surface area contributed by atoms with E-state index in [1.807, 2.05) is 0 Å². The van der Waals surface area contributed by atoms with Gasteiger partial charge in [-0.05, 0) is 19.3 Å². The minimum atomic E-state index is -0.314. The summed E-state index contributed by atoms with van der Waals surface area (Å²) < 4.78 is 11.6. The van der Waals surface area contributed by atoms with Gasteiger partial charge in [0.2, 0.25) is 0 Å². The van der Waals surface area contributed by atoms with Crippen molar-refractivity contribution in [1.82, 2.24) is 0 Å². The molecular weight excluding hydrogens is 180 g/mol. The molecule has 0 radical (unpaired) electrons. The van der Waals surface area contributed by atoms with E-state index in [1.54, 1.807) is 0 Å². The molecule has 1 heterocycles. The molecule has 4 rings (SSSR count). The van der Waals surface area contributed by atoms with Gasteiger partial charge in [-0.3, -0.25) is 4.79 Å². The second-order valence-electron chi connectivity index (χ2n) is 5.07. The molecule has 4 atom stereocenters. The Morgan fingerprint density at radius 1 is 1.14 bits per heavy atom. The van der Waals surface area contributed by atoms with Crippen LogP contribution in [0.25, 0.3) is 0 Å². The molecule has 0 aromatic carbocycles. The molecule has 76 valence electrons. The van der Waals surface area contributed by atoms with Crippen LogP contribution in [0.5, 0.6) is 0 Å². The van der Waals surface area contributed by atoms with Crippen LogP contribution in [0.3, 0.4) is 0 Å². The lowest BCUT2D eigenvalue weighted by molar-refractivity contribution is -0.306. The fourth-order valence-electron chi connectivity index (χ4n) is 4.23. The number of ketones is 1. The van der Waals surface area contributed by atoms with Gasteiger partial charge in [-0.15, -0.1) is 0 Å². The van der Waals surface area contributed by atoms with Gasteiger partial charge in [0.15, 0.2) is 5.79 Å². The van der Waals surface area contributed by atoms with Crippen LogP contribution in [-0.4, -0.2) is 24.8 Å². The summed E-state index contributed by atoms with van der Waals surface area (Å²) in [6, 6.07) is 0. The molecule has 2 bridgehead atoms. The lowest BCUT2D eigenvalue weighted by atomic mass is 9.58. The summed E-state index contributed by atoms with van der Waals surface area (Å²) in [4.78, 5) is 11.9. The fraction of sp³-hybridized carbons (Fsp3) is 0.909. The first-order chi connectivity index (χ1) is 6.83. The molecule has 3 heteroatoms. The zero-order chi connectivity index (χ0) is 9.34. The van der Waals surface area contributed by atoms with E-state index in [1.165, 1.54) is 0 Å². The SMILES string of the molecule is O=C1[C@H]2CC[C@H]3[C@@H]1[C@@H](C2)C31OCCO1. The Morgan fingerprint density at radius 3 is 2.71 bits per heavy atom. The van der Waals surface area contributed by atoms with Gasteiger partial charge in [0.1, 0.15) is 5.78 Å². The number of Topliss-reactive ketones (excluding diaryl/α,β-unsaturated/α-hetero) is 1. The number of hydrogen-bond acceptors (Lipinski definition) is 3. The molecule has 3 saturated carbocycles. The first kappa shape index (κ1) is 7.83. The zero-order valence-corrected chi connectivity index (χ0v) is 8.07. The quantitative estimate of drug-likeness (QED) is 0.576. The van der Waals surface area contributed by atoms with Crippen molar-refractivity contribution in [3.05, 3.63) is 0 Å². The van der Waals surface area contributed by atoms with E-state index in [-0.39, 0.29) is 5.79 Å². The molecule has 1 saturated heterocycles. The Balaban J connectivity index is 1.77. The smallest absolute Gasteiger partial charge is 0.175 e. The second-order valence-corrected chi connectivity index (χ2v) is 5.07. The molecular formula is C11H14O3. The van der Waals surface area contributed by atoms with Crippen LogP contribution >= 0.6 is 0 Å². The van der Waals surface area contributed by atoms with Crippen molar-refractivity contribution in [2.45, 2.75) is 25.0 Å². The van der Waals surface area contributed by atoms with Crippen molar-refractivity contribution in [1.29, 1.82) is 0 Å². The van der Waals surface area contributed by atoms with Crippen LogP contribution in [0.2, 0.25) is 0 Å². The molecule has 3 nitrogen and oxygen atoms in total. The monoisotopic (exact) mass is 194 g/mol. The number of hydrogen-bond donors (Lipinski definition) is 0. The minimum absolute atomic E-state index is 0.298. The molecule has 0 unspecified atom stereocenters. The Labute approximate surface area is 82.8 Å². The number of carbonyl (C=O) groups excluding carboxylic acids is 1. The van der Waals surface area contributed by atoms with Gasteiger partial charge >= 0.3 is 0 Å². The van der Waals surface area contributed by atoms with Gasteiger partial charge in [-0.25, -0.2) is 0 Å². The van der Waals surface area contributed by atoms with Crippen LogP contribution in [0, 0.1) is 23.7 Å². The van der Waals surface area contributed by atoms with Crippen molar-refractivity contribution in [2.75, 3.05) is 13.2 Å². The third kappa shape index (κ3) is 0.625. The van der Waals surface area contributed by atoms with Crippen molar-refractivity contribution in [3.8, 4) is 0 Å². The third-order valence-electron chi connectivity index (χ3n) is 4.73. The molecule has 3 aliphatic carbocycles. The first-order valence-electron chi connectivity index (χ1n) is 5.64. The topological polar surface area (TPSA) is 35.5 Å². The highest BCUT2D eigenvalue weighted by molar-refractivity contribution is 5.88. The van der Waals surface area contributed by atoms with Crippen molar-refractivity contribution in [3.63, 3.8) is 0 Å². The summed E-state index contributed by atoms with van der Waals surface area (Å²) in [7, 11) is 0. The molecule has 0 N–H and O–H groups in total. The molecule has 0 amide bonds. The van der Waals surface area contributed by atoms with E-state index >= 15 is 0 Å². The van der Waals surface area contributed by atoms with Gasteiger partial charge in [-0.2, -0.15) is 0 Å². The second kappa shape index (κ2) is 2.22. The van der Waals surface area contributed by atoms with Crippen LogP contribution in [-0.2, 0) is 14.3 Å². The van der Waals surface area contributed by atoms with E-state index in [0.717, 1.165) is 32.5 Å². The molecule has 1 spiro atoms. The number of ether oxygens (including phenoxy) is 2. The van der Waals surface area contributed by atoms with E-state index in [4.69, 9.17) is 9.47 Å². The number of carbonyl (C=O) groups is 1. The molecule has 0 aromatic rings. The van der Waals surface area contributed by atoms with Crippen LogP contribution in [0.1, 0.15) is 19.3 Å². The fourth-order valence-corrected chi connectivity index (χ4v) is 4.23. The maximum atomic E-state index is 11.9. The van der Waals surface area contributed by atoms with Gasteiger partial charge in [0.25, 0.3) is 0 Å². The van der Waals surface area contributed by atoms with Crippen molar-refractivity contribution in [2.24, 2.45) is 23.7 Å². The molecule has 1 aliphatic heterocycles. The summed E-state index contributed by atoms with van der Waals surface area (Å²) in [5.74, 6) is 1.62. The highest BCUT2D eigenvalue weighted by Gasteiger charge is 2.73. The Hall–Kier alpha value is -0.410. The van der Waals surface area contributed by atoms with Gasteiger partial charge in [-0.1, -0.05) is 0 Å². The minimum Gasteiger partial charge on any atom is -0.347 e. The standard InChI is InChI=1S/C11H14O3/c12-10-6-1-2-7-9(10)8(5-6)11(7)13-3-4-14-11/h6-9H,1-5H2/t6-,7-,8+,9+/m0/s1. The summed E-state index contributed by atoms with van der Waals surface area (Å²) >= 11 is 0. The molecule has 14 heavy (non-hydrogen) atoms. The summed E-state index contributed by atoms with van der Waals surface area (Å²) in [6.07, 6.45) is 3.24. The zero-order valence-electron chi connectivity index (χ0n) is 8.07. The Kier molecular flexibility index (Phi) is 1.24.